The molecule has 0 radical (unpaired) electrons. The van der Waals surface area contributed by atoms with Gasteiger partial charge in [0.2, 0.25) is 0 Å². The summed E-state index contributed by atoms with van der Waals surface area (Å²) in [5.41, 5.74) is 2.97. The Morgan fingerprint density at radius 2 is 1.82 bits per heavy atom. The van der Waals surface area contributed by atoms with Crippen LogP contribution in [0.5, 0.6) is 0 Å². The van der Waals surface area contributed by atoms with Gasteiger partial charge in [0.05, 0.1) is 0 Å². The average molecular weight is 307 g/mol. The number of amides is 1. The summed E-state index contributed by atoms with van der Waals surface area (Å²) in [5, 5.41) is 10.3. The molecule has 3 nitrogen and oxygen atoms in total. The molecule has 0 aromatic heterocycles. The van der Waals surface area contributed by atoms with E-state index in [0.717, 1.165) is 12.8 Å². The van der Waals surface area contributed by atoms with Gasteiger partial charge in [-0.15, -0.1) is 0 Å². The molecule has 0 unspecified atom stereocenters. The van der Waals surface area contributed by atoms with Crippen LogP contribution in [0.4, 0.5) is 4.79 Å². The monoisotopic (exact) mass is 307 g/mol. The lowest BCUT2D eigenvalue weighted by atomic mass is 10.0. The van der Waals surface area contributed by atoms with Gasteiger partial charge >= 0.3 is 6.09 Å². The van der Waals surface area contributed by atoms with Crippen molar-refractivity contribution in [3.63, 3.8) is 0 Å². The molecule has 1 aromatic rings. The molecular formula is C19H33NO2. The van der Waals surface area contributed by atoms with Crippen LogP contribution in [0.2, 0.25) is 0 Å². The van der Waals surface area contributed by atoms with E-state index < -0.39 is 6.09 Å². The summed E-state index contributed by atoms with van der Waals surface area (Å²) in [7, 11) is 0. The zero-order valence-electron chi connectivity index (χ0n) is 14.7. The number of unbranched alkanes of at least 4 members (excludes halogenated alkanes) is 3. The molecule has 0 aliphatic heterocycles. The highest BCUT2D eigenvalue weighted by Crippen LogP contribution is 2.17. The topological polar surface area (TPSA) is 49.3 Å². The fourth-order valence-electron chi connectivity index (χ4n) is 2.04. The van der Waals surface area contributed by atoms with Crippen LogP contribution in [0.15, 0.2) is 24.3 Å². The first kappa shape index (κ1) is 20.5. The molecule has 1 aromatic carbocycles. The summed E-state index contributed by atoms with van der Waals surface area (Å²) in [4.78, 5) is 9.74. The molecule has 3 heteroatoms. The van der Waals surface area contributed by atoms with Crippen LogP contribution in [0, 0.1) is 6.92 Å². The minimum Gasteiger partial charge on any atom is -0.465 e. The van der Waals surface area contributed by atoms with Crippen molar-refractivity contribution >= 4 is 6.09 Å². The molecule has 0 saturated heterocycles. The van der Waals surface area contributed by atoms with E-state index in [4.69, 9.17) is 5.11 Å². The van der Waals surface area contributed by atoms with Crippen molar-refractivity contribution in [3.8, 4) is 0 Å². The SMILES string of the molecule is CC.CCCCCCc1ccccc1C.O=C(O)NC1CC1. The summed E-state index contributed by atoms with van der Waals surface area (Å²) >= 11 is 0. The van der Waals surface area contributed by atoms with Gasteiger partial charge in [-0.25, -0.2) is 4.79 Å². The molecule has 126 valence electrons. The predicted molar refractivity (Wildman–Crippen MR) is 94.6 cm³/mol. The van der Waals surface area contributed by atoms with Gasteiger partial charge in [0, 0.05) is 6.04 Å². The van der Waals surface area contributed by atoms with Crippen LogP contribution in [0.1, 0.15) is 70.4 Å². The second-order valence-corrected chi connectivity index (χ2v) is 5.46. The van der Waals surface area contributed by atoms with E-state index in [2.05, 4.69) is 43.4 Å². The maximum Gasteiger partial charge on any atom is 0.404 e. The van der Waals surface area contributed by atoms with Gasteiger partial charge in [-0.1, -0.05) is 64.3 Å². The van der Waals surface area contributed by atoms with Crippen LogP contribution >= 0.6 is 0 Å². The van der Waals surface area contributed by atoms with Gasteiger partial charge in [0.25, 0.3) is 0 Å². The Kier molecular flexibility index (Phi) is 12.3. The Hall–Kier alpha value is -1.51. The summed E-state index contributed by atoms with van der Waals surface area (Å²) in [6.45, 7) is 8.46. The first-order chi connectivity index (χ1) is 10.6. The van der Waals surface area contributed by atoms with Crippen molar-refractivity contribution in [2.75, 3.05) is 0 Å². The normalized spacial score (nSPS) is 12.4. The van der Waals surface area contributed by atoms with E-state index in [0.29, 0.717) is 0 Å². The molecule has 2 N–H and O–H groups in total. The molecule has 2 rings (SSSR count). The van der Waals surface area contributed by atoms with Crippen LogP contribution in [-0.2, 0) is 6.42 Å². The van der Waals surface area contributed by atoms with Gasteiger partial charge < -0.3 is 10.4 Å². The molecular weight excluding hydrogens is 274 g/mol. The van der Waals surface area contributed by atoms with E-state index in [9.17, 15) is 4.79 Å². The highest BCUT2D eigenvalue weighted by atomic mass is 16.4. The zero-order valence-corrected chi connectivity index (χ0v) is 14.7. The van der Waals surface area contributed by atoms with Gasteiger partial charge in [-0.2, -0.15) is 0 Å². The lowest BCUT2D eigenvalue weighted by Crippen LogP contribution is -2.22. The minimum absolute atomic E-state index is 0.275. The Labute approximate surface area is 136 Å². The highest BCUT2D eigenvalue weighted by Gasteiger charge is 2.22. The largest absolute Gasteiger partial charge is 0.465 e. The summed E-state index contributed by atoms with van der Waals surface area (Å²) in [6.07, 6.45) is 7.83. The molecule has 1 fully saturated rings. The third-order valence-corrected chi connectivity index (χ3v) is 3.47. The first-order valence-electron chi connectivity index (χ1n) is 8.67. The first-order valence-corrected chi connectivity index (χ1v) is 8.67. The molecule has 0 heterocycles. The summed E-state index contributed by atoms with van der Waals surface area (Å²) < 4.78 is 0. The number of rotatable bonds is 6. The maximum absolute atomic E-state index is 9.74. The molecule has 1 aliphatic carbocycles. The van der Waals surface area contributed by atoms with E-state index in [1.54, 1.807) is 0 Å². The second kappa shape index (κ2) is 13.2. The number of hydrogen-bond acceptors (Lipinski definition) is 1. The lowest BCUT2D eigenvalue weighted by molar-refractivity contribution is 0.194. The number of hydrogen-bond donors (Lipinski definition) is 2. The maximum atomic E-state index is 9.74. The number of carbonyl (C=O) groups is 1. The fourth-order valence-corrected chi connectivity index (χ4v) is 2.04. The standard InChI is InChI=1S/C13H20.C4H7NO2.C2H6/c1-3-4-5-6-10-13-11-8-7-9-12(13)2;6-4(7)5-3-1-2-3;1-2/h7-9,11H,3-6,10H2,1-2H3;3,5H,1-2H2,(H,6,7);1-2H3. The molecule has 1 amide bonds. The number of nitrogens with one attached hydrogen (secondary N) is 1. The fraction of sp³-hybridized carbons (Fsp3) is 0.632. The third-order valence-electron chi connectivity index (χ3n) is 3.47. The Morgan fingerprint density at radius 3 is 2.27 bits per heavy atom. The minimum atomic E-state index is -0.900. The van der Waals surface area contributed by atoms with E-state index in [1.807, 2.05) is 13.8 Å². The van der Waals surface area contributed by atoms with Crippen LogP contribution < -0.4 is 5.32 Å². The van der Waals surface area contributed by atoms with Crippen molar-refractivity contribution in [1.29, 1.82) is 0 Å². The smallest absolute Gasteiger partial charge is 0.404 e. The second-order valence-electron chi connectivity index (χ2n) is 5.46. The molecule has 0 atom stereocenters. The summed E-state index contributed by atoms with van der Waals surface area (Å²) in [6, 6.07) is 8.99. The van der Waals surface area contributed by atoms with Crippen LogP contribution in [0.3, 0.4) is 0 Å². The Morgan fingerprint density at radius 1 is 1.18 bits per heavy atom. The highest BCUT2D eigenvalue weighted by molar-refractivity contribution is 5.65. The molecule has 22 heavy (non-hydrogen) atoms. The molecule has 0 bridgehead atoms. The van der Waals surface area contributed by atoms with Crippen molar-refractivity contribution in [1.82, 2.24) is 5.32 Å². The third kappa shape index (κ3) is 11.2. The van der Waals surface area contributed by atoms with Crippen molar-refractivity contribution < 1.29 is 9.90 Å². The van der Waals surface area contributed by atoms with Crippen molar-refractivity contribution in [2.24, 2.45) is 0 Å². The van der Waals surface area contributed by atoms with E-state index in [-0.39, 0.29) is 6.04 Å². The number of carboxylic acid groups (broad SMARTS) is 1. The van der Waals surface area contributed by atoms with Crippen LogP contribution in [0.25, 0.3) is 0 Å². The number of aryl methyl sites for hydroxylation is 2. The van der Waals surface area contributed by atoms with Gasteiger partial charge in [0.15, 0.2) is 0 Å². The zero-order chi connectivity index (χ0) is 16.8. The van der Waals surface area contributed by atoms with Crippen LogP contribution in [-0.4, -0.2) is 17.2 Å². The number of benzene rings is 1. The van der Waals surface area contributed by atoms with E-state index >= 15 is 0 Å². The van der Waals surface area contributed by atoms with E-state index in [1.165, 1.54) is 43.2 Å². The Bertz CT molecular complexity index is 400. The van der Waals surface area contributed by atoms with Gasteiger partial charge in [-0.05, 0) is 43.7 Å². The summed E-state index contributed by atoms with van der Waals surface area (Å²) in [5.74, 6) is 0. The lowest BCUT2D eigenvalue weighted by Gasteiger charge is -2.04. The van der Waals surface area contributed by atoms with Crippen molar-refractivity contribution in [2.45, 2.75) is 78.7 Å². The van der Waals surface area contributed by atoms with Crippen molar-refractivity contribution in [3.05, 3.63) is 35.4 Å². The predicted octanol–water partition coefficient (Wildman–Crippen LogP) is 5.56. The quantitative estimate of drug-likeness (QED) is 0.676. The van der Waals surface area contributed by atoms with Gasteiger partial charge in [0.1, 0.15) is 0 Å². The molecule has 1 saturated carbocycles. The van der Waals surface area contributed by atoms with Gasteiger partial charge in [-0.3, -0.25) is 0 Å². The average Bonchev–Trinajstić information content (AvgIpc) is 3.31. The Balaban J connectivity index is 0.000000412. The molecule has 0 spiro atoms. The molecule has 1 aliphatic rings.